The molecule has 0 aliphatic carbocycles. The van der Waals surface area contributed by atoms with Crippen LogP contribution in [0.15, 0.2) is 54.6 Å². The standard InChI is InChI=1S/C24H27N3O2/c1-17-8-9-23-20(12-17)13-22(18(2)26-23)24(28)25-14-21-16-27(10-11-29-21)15-19-6-4-3-5-7-19/h3-9,12-13,21H,10-11,14-16H2,1-2H3,(H,25,28)/t21-/m1/s1. The molecule has 0 bridgehead atoms. The summed E-state index contributed by atoms with van der Waals surface area (Å²) in [7, 11) is 0. The van der Waals surface area contributed by atoms with Gasteiger partial charge in [-0.3, -0.25) is 14.7 Å². The lowest BCUT2D eigenvalue weighted by molar-refractivity contribution is -0.0292. The second kappa shape index (κ2) is 8.72. The van der Waals surface area contributed by atoms with Crippen molar-refractivity contribution < 1.29 is 9.53 Å². The first-order valence-electron chi connectivity index (χ1n) is 10.1. The minimum Gasteiger partial charge on any atom is -0.374 e. The third kappa shape index (κ3) is 4.81. The number of pyridine rings is 1. The van der Waals surface area contributed by atoms with E-state index in [0.717, 1.165) is 41.8 Å². The summed E-state index contributed by atoms with van der Waals surface area (Å²) in [4.78, 5) is 19.8. The predicted molar refractivity (Wildman–Crippen MR) is 115 cm³/mol. The van der Waals surface area contributed by atoms with Crippen molar-refractivity contribution in [1.29, 1.82) is 0 Å². The number of aromatic nitrogens is 1. The maximum Gasteiger partial charge on any atom is 0.253 e. The van der Waals surface area contributed by atoms with Gasteiger partial charge in [0.05, 0.1) is 29.5 Å². The number of nitrogens with zero attached hydrogens (tertiary/aromatic N) is 2. The lowest BCUT2D eigenvalue weighted by Gasteiger charge is -2.33. The number of benzene rings is 2. The Morgan fingerprint density at radius 1 is 1.17 bits per heavy atom. The van der Waals surface area contributed by atoms with Crippen LogP contribution in [-0.4, -0.2) is 48.1 Å². The highest BCUT2D eigenvalue weighted by Gasteiger charge is 2.22. The molecule has 1 aliphatic rings. The summed E-state index contributed by atoms with van der Waals surface area (Å²) in [6, 6.07) is 18.5. The van der Waals surface area contributed by atoms with E-state index in [1.54, 1.807) is 0 Å². The molecule has 3 aromatic rings. The molecule has 5 nitrogen and oxygen atoms in total. The van der Waals surface area contributed by atoms with Crippen LogP contribution < -0.4 is 5.32 Å². The molecule has 2 heterocycles. The lowest BCUT2D eigenvalue weighted by atomic mass is 10.1. The number of aryl methyl sites for hydroxylation is 2. The van der Waals surface area contributed by atoms with Crippen LogP contribution in [0.25, 0.3) is 10.9 Å². The summed E-state index contributed by atoms with van der Waals surface area (Å²) in [5.74, 6) is -0.0952. The number of nitrogens with one attached hydrogen (secondary N) is 1. The predicted octanol–water partition coefficient (Wildman–Crippen LogP) is 3.48. The average Bonchev–Trinajstić information content (AvgIpc) is 2.73. The van der Waals surface area contributed by atoms with Crippen molar-refractivity contribution in [2.75, 3.05) is 26.2 Å². The van der Waals surface area contributed by atoms with E-state index in [0.29, 0.717) is 18.7 Å². The maximum atomic E-state index is 12.8. The normalized spacial score (nSPS) is 17.4. The van der Waals surface area contributed by atoms with Crippen molar-refractivity contribution in [2.45, 2.75) is 26.5 Å². The summed E-state index contributed by atoms with van der Waals surface area (Å²) >= 11 is 0. The number of hydrogen-bond acceptors (Lipinski definition) is 4. The van der Waals surface area contributed by atoms with Crippen molar-refractivity contribution in [2.24, 2.45) is 0 Å². The Morgan fingerprint density at radius 2 is 2.00 bits per heavy atom. The Hall–Kier alpha value is -2.76. The molecule has 29 heavy (non-hydrogen) atoms. The van der Waals surface area contributed by atoms with Gasteiger partial charge in [-0.1, -0.05) is 42.0 Å². The molecular weight excluding hydrogens is 362 g/mol. The molecule has 1 aliphatic heterocycles. The van der Waals surface area contributed by atoms with Crippen molar-refractivity contribution in [3.8, 4) is 0 Å². The molecule has 0 radical (unpaired) electrons. The zero-order chi connectivity index (χ0) is 20.2. The molecule has 1 amide bonds. The molecule has 1 fully saturated rings. The van der Waals surface area contributed by atoms with Crippen LogP contribution in [-0.2, 0) is 11.3 Å². The van der Waals surface area contributed by atoms with Crippen molar-refractivity contribution in [3.63, 3.8) is 0 Å². The van der Waals surface area contributed by atoms with Gasteiger partial charge < -0.3 is 10.1 Å². The summed E-state index contributed by atoms with van der Waals surface area (Å²) in [5, 5.41) is 4.03. The second-order valence-corrected chi connectivity index (χ2v) is 7.74. The highest BCUT2D eigenvalue weighted by atomic mass is 16.5. The zero-order valence-electron chi connectivity index (χ0n) is 17.0. The molecule has 1 saturated heterocycles. The molecule has 1 N–H and O–H groups in total. The van der Waals surface area contributed by atoms with Crippen LogP contribution in [0.2, 0.25) is 0 Å². The molecule has 2 aromatic carbocycles. The quantitative estimate of drug-likeness (QED) is 0.726. The van der Waals surface area contributed by atoms with Crippen LogP contribution in [0.4, 0.5) is 0 Å². The van der Waals surface area contributed by atoms with Gasteiger partial charge in [-0.2, -0.15) is 0 Å². The third-order valence-corrected chi connectivity index (χ3v) is 5.37. The minimum absolute atomic E-state index is 0.00706. The number of fused-ring (bicyclic) bond motifs is 1. The summed E-state index contributed by atoms with van der Waals surface area (Å²) in [5.41, 5.74) is 4.74. The van der Waals surface area contributed by atoms with E-state index in [9.17, 15) is 4.79 Å². The largest absolute Gasteiger partial charge is 0.374 e. The molecule has 0 saturated carbocycles. The van der Waals surface area contributed by atoms with Gasteiger partial charge in [0.15, 0.2) is 0 Å². The topological polar surface area (TPSA) is 54.5 Å². The fourth-order valence-electron chi connectivity index (χ4n) is 3.81. The van der Waals surface area contributed by atoms with Crippen LogP contribution in [0, 0.1) is 13.8 Å². The van der Waals surface area contributed by atoms with E-state index < -0.39 is 0 Å². The highest BCUT2D eigenvalue weighted by molar-refractivity contribution is 5.98. The number of morpholine rings is 1. The average molecular weight is 389 g/mol. The smallest absolute Gasteiger partial charge is 0.253 e. The number of ether oxygens (including phenoxy) is 1. The minimum atomic E-state index is -0.0952. The van der Waals surface area contributed by atoms with E-state index in [4.69, 9.17) is 4.74 Å². The third-order valence-electron chi connectivity index (χ3n) is 5.37. The first kappa shape index (κ1) is 19.6. The fraction of sp³-hybridized carbons (Fsp3) is 0.333. The molecule has 0 spiro atoms. The lowest BCUT2D eigenvalue weighted by Crippen LogP contribution is -2.47. The summed E-state index contributed by atoms with van der Waals surface area (Å²) < 4.78 is 5.88. The molecule has 0 unspecified atom stereocenters. The van der Waals surface area contributed by atoms with Gasteiger partial charge >= 0.3 is 0 Å². The monoisotopic (exact) mass is 389 g/mol. The summed E-state index contributed by atoms with van der Waals surface area (Å²) in [6.07, 6.45) is -0.00706. The first-order valence-corrected chi connectivity index (χ1v) is 10.1. The van der Waals surface area contributed by atoms with Crippen molar-refractivity contribution >= 4 is 16.8 Å². The van der Waals surface area contributed by atoms with Crippen LogP contribution >= 0.6 is 0 Å². The Bertz CT molecular complexity index is 1000. The SMILES string of the molecule is Cc1ccc2nc(C)c(C(=O)NC[C@@H]3CN(Cc4ccccc4)CCO3)cc2c1. The Labute approximate surface area is 171 Å². The Kier molecular flexibility index (Phi) is 5.88. The van der Waals surface area contributed by atoms with E-state index in [1.807, 2.05) is 38.1 Å². The van der Waals surface area contributed by atoms with Crippen molar-refractivity contribution in [1.82, 2.24) is 15.2 Å². The van der Waals surface area contributed by atoms with Gasteiger partial charge in [0.2, 0.25) is 0 Å². The maximum absolute atomic E-state index is 12.8. The fourth-order valence-corrected chi connectivity index (χ4v) is 3.81. The first-order chi connectivity index (χ1) is 14.1. The van der Waals surface area contributed by atoms with Gasteiger partial charge in [-0.15, -0.1) is 0 Å². The highest BCUT2D eigenvalue weighted by Crippen LogP contribution is 2.18. The zero-order valence-corrected chi connectivity index (χ0v) is 17.0. The Balaban J connectivity index is 1.37. The molecule has 1 aromatic heterocycles. The van der Waals surface area contributed by atoms with Crippen LogP contribution in [0.5, 0.6) is 0 Å². The summed E-state index contributed by atoms with van der Waals surface area (Å²) in [6.45, 7) is 7.73. The molecule has 1 atom stereocenters. The van der Waals surface area contributed by atoms with E-state index >= 15 is 0 Å². The van der Waals surface area contributed by atoms with Crippen LogP contribution in [0.3, 0.4) is 0 Å². The number of amides is 1. The van der Waals surface area contributed by atoms with Gasteiger partial charge in [-0.05, 0) is 37.6 Å². The van der Waals surface area contributed by atoms with Gasteiger partial charge in [0.25, 0.3) is 5.91 Å². The molecule has 150 valence electrons. The number of hydrogen-bond donors (Lipinski definition) is 1. The number of carbonyl (C=O) groups is 1. The van der Waals surface area contributed by atoms with E-state index in [-0.39, 0.29) is 12.0 Å². The van der Waals surface area contributed by atoms with Gasteiger partial charge in [0, 0.05) is 31.6 Å². The Morgan fingerprint density at radius 3 is 2.83 bits per heavy atom. The molecular formula is C24H27N3O2. The number of rotatable bonds is 5. The number of carbonyl (C=O) groups excluding carboxylic acids is 1. The van der Waals surface area contributed by atoms with E-state index in [1.165, 1.54) is 5.56 Å². The van der Waals surface area contributed by atoms with Crippen molar-refractivity contribution in [3.05, 3.63) is 77.0 Å². The second-order valence-electron chi connectivity index (χ2n) is 7.74. The molecule has 4 rings (SSSR count). The van der Waals surface area contributed by atoms with Gasteiger partial charge in [-0.25, -0.2) is 0 Å². The molecule has 5 heteroatoms. The van der Waals surface area contributed by atoms with Gasteiger partial charge in [0.1, 0.15) is 0 Å². The van der Waals surface area contributed by atoms with Crippen LogP contribution in [0.1, 0.15) is 27.2 Å². The van der Waals surface area contributed by atoms with E-state index in [2.05, 4.69) is 45.5 Å².